The van der Waals surface area contributed by atoms with E-state index in [0.29, 0.717) is 34.0 Å². The fraction of sp³-hybridized carbons (Fsp3) is 0.400. The van der Waals surface area contributed by atoms with E-state index in [4.69, 9.17) is 4.74 Å². The van der Waals surface area contributed by atoms with E-state index in [1.165, 1.54) is 0 Å². The van der Waals surface area contributed by atoms with E-state index in [-0.39, 0.29) is 11.9 Å². The number of thioether (sulfide) groups is 1. The molecule has 0 saturated heterocycles. The highest BCUT2D eigenvalue weighted by Crippen LogP contribution is 2.25. The molecule has 1 amide bonds. The molecule has 2 N–H and O–H groups in total. The average molecular weight is 493 g/mol. The largest absolute Gasteiger partial charge is 0.497 e. The molecule has 0 aliphatic rings. The number of carbonyl (C=O) groups is 1. The molecule has 0 saturated carbocycles. The summed E-state index contributed by atoms with van der Waals surface area (Å²) in [5, 5.41) is 12.3. The Morgan fingerprint density at radius 3 is 2.83 bits per heavy atom. The molecule has 0 spiro atoms. The fourth-order valence-corrected chi connectivity index (χ4v) is 3.84. The number of nitrogens with one attached hydrogen (secondary N) is 2. The van der Waals surface area contributed by atoms with Crippen LogP contribution in [0.15, 0.2) is 34.0 Å². The van der Waals surface area contributed by atoms with Crippen molar-refractivity contribution in [2.45, 2.75) is 38.5 Å². The molecule has 160 valence electrons. The molecule has 0 bridgehead atoms. The van der Waals surface area contributed by atoms with Gasteiger partial charge in [-0.3, -0.25) is 4.79 Å². The molecule has 0 unspecified atom stereocenters. The van der Waals surface area contributed by atoms with Crippen LogP contribution in [0, 0.1) is 0 Å². The van der Waals surface area contributed by atoms with Gasteiger partial charge in [-0.05, 0) is 53.7 Å². The minimum absolute atomic E-state index is 0.184. The van der Waals surface area contributed by atoms with Crippen molar-refractivity contribution in [3.63, 3.8) is 0 Å². The van der Waals surface area contributed by atoms with Gasteiger partial charge in [-0.1, -0.05) is 18.7 Å². The molecule has 10 heteroatoms. The molecule has 0 aliphatic carbocycles. The highest BCUT2D eigenvalue weighted by Gasteiger charge is 2.15. The molecule has 30 heavy (non-hydrogen) atoms. The van der Waals surface area contributed by atoms with Gasteiger partial charge in [0, 0.05) is 17.1 Å². The van der Waals surface area contributed by atoms with Crippen molar-refractivity contribution in [1.29, 1.82) is 0 Å². The smallest absolute Gasteiger partial charge is 0.252 e. The Balaban J connectivity index is 1.76. The number of hydrogen-bond acceptors (Lipinski definition) is 7. The summed E-state index contributed by atoms with van der Waals surface area (Å²) < 4.78 is 7.71. The Morgan fingerprint density at radius 1 is 1.33 bits per heavy atom. The lowest BCUT2D eigenvalue weighted by Gasteiger charge is -2.12. The van der Waals surface area contributed by atoms with Gasteiger partial charge in [0.25, 0.3) is 5.91 Å². The second kappa shape index (κ2) is 10.1. The maximum atomic E-state index is 12.6. The molecule has 0 atom stereocenters. The van der Waals surface area contributed by atoms with Gasteiger partial charge in [-0.2, -0.15) is 5.10 Å². The summed E-state index contributed by atoms with van der Waals surface area (Å²) in [5.74, 6) is 2.11. The maximum Gasteiger partial charge on any atom is 0.252 e. The van der Waals surface area contributed by atoms with Crippen molar-refractivity contribution < 1.29 is 9.53 Å². The topological polar surface area (TPSA) is 94.0 Å². The Hall–Kier alpha value is -2.33. The number of anilines is 1. The monoisotopic (exact) mass is 492 g/mol. The second-order valence-electron chi connectivity index (χ2n) is 6.79. The second-order valence-corrected chi connectivity index (χ2v) is 8.88. The van der Waals surface area contributed by atoms with E-state index >= 15 is 0 Å². The van der Waals surface area contributed by atoms with E-state index in [1.807, 2.05) is 0 Å². The summed E-state index contributed by atoms with van der Waals surface area (Å²) in [6, 6.07) is 5.53. The average Bonchev–Trinajstić information content (AvgIpc) is 3.11. The molecule has 0 fully saturated rings. The van der Waals surface area contributed by atoms with E-state index in [1.54, 1.807) is 47.9 Å². The van der Waals surface area contributed by atoms with Gasteiger partial charge in [-0.15, -0.1) is 0 Å². The third kappa shape index (κ3) is 5.23. The SMILES string of the molecule is CCSc1nc(NC(C)C)c2cnn(CCNC(=O)c3cc(OC)ccc3Br)c2n1. The normalized spacial score (nSPS) is 11.1. The minimum Gasteiger partial charge on any atom is -0.497 e. The van der Waals surface area contributed by atoms with Gasteiger partial charge < -0.3 is 15.4 Å². The van der Waals surface area contributed by atoms with Crippen LogP contribution in [0.4, 0.5) is 5.82 Å². The summed E-state index contributed by atoms with van der Waals surface area (Å²) >= 11 is 5.00. The van der Waals surface area contributed by atoms with Crippen LogP contribution in [0.2, 0.25) is 0 Å². The molecule has 3 rings (SSSR count). The number of fused-ring (bicyclic) bond motifs is 1. The Bertz CT molecular complexity index is 1040. The first-order valence-corrected chi connectivity index (χ1v) is 11.5. The predicted molar refractivity (Wildman–Crippen MR) is 124 cm³/mol. The van der Waals surface area contributed by atoms with Crippen LogP contribution in [0.5, 0.6) is 5.75 Å². The van der Waals surface area contributed by atoms with Crippen LogP contribution in [0.25, 0.3) is 11.0 Å². The summed E-state index contributed by atoms with van der Waals surface area (Å²) in [6.45, 7) is 7.10. The summed E-state index contributed by atoms with van der Waals surface area (Å²) in [7, 11) is 1.57. The van der Waals surface area contributed by atoms with Gasteiger partial charge in [0.1, 0.15) is 11.6 Å². The van der Waals surface area contributed by atoms with Gasteiger partial charge in [0.05, 0.1) is 30.8 Å². The first kappa shape index (κ1) is 22.4. The molecule has 3 aromatic rings. The number of nitrogens with zero attached hydrogens (tertiary/aromatic N) is 4. The minimum atomic E-state index is -0.184. The van der Waals surface area contributed by atoms with Crippen molar-refractivity contribution in [1.82, 2.24) is 25.1 Å². The number of amides is 1. The lowest BCUT2D eigenvalue weighted by atomic mass is 10.2. The Morgan fingerprint density at radius 2 is 2.13 bits per heavy atom. The Kier molecular flexibility index (Phi) is 7.54. The zero-order valence-corrected chi connectivity index (χ0v) is 19.8. The van der Waals surface area contributed by atoms with E-state index in [2.05, 4.69) is 62.4 Å². The number of methoxy groups -OCH3 is 1. The van der Waals surface area contributed by atoms with Crippen LogP contribution in [-0.4, -0.2) is 51.1 Å². The lowest BCUT2D eigenvalue weighted by molar-refractivity contribution is 0.0951. The molecule has 2 heterocycles. The molecular formula is C20H25BrN6O2S. The zero-order chi connectivity index (χ0) is 21.7. The third-order valence-corrected chi connectivity index (χ3v) is 5.62. The number of ether oxygens (including phenoxy) is 1. The Labute approximate surface area is 188 Å². The maximum absolute atomic E-state index is 12.6. The van der Waals surface area contributed by atoms with E-state index in [0.717, 1.165) is 22.6 Å². The van der Waals surface area contributed by atoms with Crippen LogP contribution in [0.3, 0.4) is 0 Å². The van der Waals surface area contributed by atoms with Gasteiger partial charge in [-0.25, -0.2) is 14.6 Å². The number of hydrogen-bond donors (Lipinski definition) is 2. The van der Waals surface area contributed by atoms with Crippen molar-refractivity contribution in [2.24, 2.45) is 0 Å². The third-order valence-electron chi connectivity index (χ3n) is 4.20. The first-order valence-electron chi connectivity index (χ1n) is 9.67. The quantitative estimate of drug-likeness (QED) is 0.344. The molecule has 1 aromatic carbocycles. The van der Waals surface area contributed by atoms with Gasteiger partial charge in [0.15, 0.2) is 10.8 Å². The summed E-state index contributed by atoms with van der Waals surface area (Å²) in [4.78, 5) is 21.9. The zero-order valence-electron chi connectivity index (χ0n) is 17.4. The standard InChI is InChI=1S/C20H25BrN6O2S/c1-5-30-20-25-17(24-12(2)3)15-11-23-27(18(15)26-20)9-8-22-19(28)14-10-13(29-4)6-7-16(14)21/h6-7,10-12H,5,8-9H2,1-4H3,(H,22,28)(H,24,25,26). The lowest BCUT2D eigenvalue weighted by Crippen LogP contribution is -2.28. The summed E-state index contributed by atoms with van der Waals surface area (Å²) in [5.41, 5.74) is 1.27. The summed E-state index contributed by atoms with van der Waals surface area (Å²) in [6.07, 6.45) is 1.76. The number of aromatic nitrogens is 4. The predicted octanol–water partition coefficient (Wildman–Crippen LogP) is 3.96. The highest BCUT2D eigenvalue weighted by atomic mass is 79.9. The number of halogens is 1. The van der Waals surface area contributed by atoms with Crippen LogP contribution in [-0.2, 0) is 6.54 Å². The fourth-order valence-electron chi connectivity index (χ4n) is 2.85. The van der Waals surface area contributed by atoms with Crippen molar-refractivity contribution in [3.8, 4) is 5.75 Å². The van der Waals surface area contributed by atoms with Crippen LogP contribution >= 0.6 is 27.7 Å². The van der Waals surface area contributed by atoms with Crippen LogP contribution < -0.4 is 15.4 Å². The van der Waals surface area contributed by atoms with Crippen molar-refractivity contribution in [3.05, 3.63) is 34.4 Å². The number of benzene rings is 1. The molecule has 0 aliphatic heterocycles. The highest BCUT2D eigenvalue weighted by molar-refractivity contribution is 9.10. The van der Waals surface area contributed by atoms with E-state index < -0.39 is 0 Å². The van der Waals surface area contributed by atoms with E-state index in [9.17, 15) is 4.79 Å². The molecule has 2 aromatic heterocycles. The van der Waals surface area contributed by atoms with Gasteiger partial charge >= 0.3 is 0 Å². The van der Waals surface area contributed by atoms with Gasteiger partial charge in [0.2, 0.25) is 0 Å². The number of rotatable bonds is 9. The number of carbonyl (C=O) groups excluding carboxylic acids is 1. The molecule has 8 nitrogen and oxygen atoms in total. The molecule has 0 radical (unpaired) electrons. The first-order chi connectivity index (χ1) is 14.4. The van der Waals surface area contributed by atoms with Crippen molar-refractivity contribution >= 4 is 50.5 Å². The van der Waals surface area contributed by atoms with Crippen molar-refractivity contribution in [2.75, 3.05) is 24.7 Å². The van der Waals surface area contributed by atoms with Crippen LogP contribution in [0.1, 0.15) is 31.1 Å². The molecular weight excluding hydrogens is 468 g/mol.